The van der Waals surface area contributed by atoms with Crippen LogP contribution < -0.4 is 4.74 Å². The number of rotatable bonds is 5. The van der Waals surface area contributed by atoms with Crippen molar-refractivity contribution in [2.45, 2.75) is 38.6 Å². The Balaban J connectivity index is 1.20. The summed E-state index contributed by atoms with van der Waals surface area (Å²) in [7, 11) is 0. The van der Waals surface area contributed by atoms with E-state index < -0.39 is 5.41 Å². The maximum atomic E-state index is 6.60. The summed E-state index contributed by atoms with van der Waals surface area (Å²) in [4.78, 5) is 20.2. The molecule has 2 atom stereocenters. The van der Waals surface area contributed by atoms with Crippen LogP contribution in [0.3, 0.4) is 0 Å². The Hall–Kier alpha value is -6.46. The molecule has 0 bridgehead atoms. The van der Waals surface area contributed by atoms with E-state index in [1.54, 1.807) is 0 Å². The Morgan fingerprint density at radius 2 is 1.20 bits per heavy atom. The van der Waals surface area contributed by atoms with E-state index in [0.29, 0.717) is 0 Å². The molecule has 3 aliphatic rings. The van der Waals surface area contributed by atoms with Crippen LogP contribution in [0.2, 0.25) is 0 Å². The molecule has 2 aliphatic heterocycles. The summed E-state index contributed by atoms with van der Waals surface area (Å²) < 4.78 is 6.60. The van der Waals surface area contributed by atoms with E-state index in [9.17, 15) is 0 Å². The second kappa shape index (κ2) is 12.6. The van der Waals surface area contributed by atoms with E-state index in [2.05, 4.69) is 158 Å². The van der Waals surface area contributed by atoms with Crippen LogP contribution in [0.1, 0.15) is 69.8 Å². The fraction of sp³-hybridized carbons (Fsp3) is 0.143. The minimum atomic E-state index is -0.548. The molecule has 3 heterocycles. The molecule has 1 aliphatic carbocycles. The van der Waals surface area contributed by atoms with Crippen LogP contribution >= 0.6 is 0 Å². The molecule has 0 saturated heterocycles. The molecule has 1 aromatic heterocycles. The average Bonchev–Trinajstić information content (AvgIpc) is 3.51. The van der Waals surface area contributed by atoms with Crippen molar-refractivity contribution in [3.05, 3.63) is 202 Å². The van der Waals surface area contributed by atoms with Gasteiger partial charge in [-0.3, -0.25) is 4.99 Å². The maximum Gasteiger partial charge on any atom is 0.155 e. The normalized spacial score (nSPS) is 17.4. The zero-order chi connectivity index (χ0) is 36.4. The third kappa shape index (κ3) is 4.85. The number of fused-ring (bicyclic) bond motifs is 9. The zero-order valence-corrected chi connectivity index (χ0v) is 30.5. The van der Waals surface area contributed by atoms with E-state index in [1.165, 1.54) is 27.8 Å². The van der Waals surface area contributed by atoms with Crippen molar-refractivity contribution in [2.24, 2.45) is 15.9 Å². The molecule has 1 spiro atoms. The SMILES string of the molecule is CCC1C(c2cccc3c2-c2ccccc2C32c3ccccc3Oc3ccccc32)=NC(c2ccc(-c3cc(C)nc(C)n3)cc2)=NC1c1ccccc1. The third-order valence-electron chi connectivity index (χ3n) is 11.4. The van der Waals surface area contributed by atoms with Crippen molar-refractivity contribution in [2.75, 3.05) is 0 Å². The molecule has 6 aromatic carbocycles. The lowest BCUT2D eigenvalue weighted by Gasteiger charge is -2.39. The van der Waals surface area contributed by atoms with Crippen LogP contribution in [0.5, 0.6) is 11.5 Å². The highest BCUT2D eigenvalue weighted by Crippen LogP contribution is 2.62. The summed E-state index contributed by atoms with van der Waals surface area (Å²) in [6, 6.07) is 54.0. The van der Waals surface area contributed by atoms with Crippen molar-refractivity contribution in [3.63, 3.8) is 0 Å². The number of nitrogens with zero attached hydrogens (tertiary/aromatic N) is 4. The monoisotopic (exact) mass is 698 g/mol. The van der Waals surface area contributed by atoms with Gasteiger partial charge >= 0.3 is 0 Å². The van der Waals surface area contributed by atoms with E-state index >= 15 is 0 Å². The third-order valence-corrected chi connectivity index (χ3v) is 11.4. The number of hydrogen-bond acceptors (Lipinski definition) is 5. The van der Waals surface area contributed by atoms with E-state index in [-0.39, 0.29) is 12.0 Å². The fourth-order valence-corrected chi connectivity index (χ4v) is 9.14. The number of aliphatic imine (C=N–C) groups is 2. The first kappa shape index (κ1) is 32.2. The second-order valence-electron chi connectivity index (χ2n) is 14.5. The summed E-state index contributed by atoms with van der Waals surface area (Å²) in [6.45, 7) is 6.21. The predicted molar refractivity (Wildman–Crippen MR) is 217 cm³/mol. The van der Waals surface area contributed by atoms with Gasteiger partial charge in [0.05, 0.1) is 22.9 Å². The van der Waals surface area contributed by atoms with Crippen molar-refractivity contribution < 1.29 is 4.74 Å². The Labute approximate surface area is 315 Å². The predicted octanol–water partition coefficient (Wildman–Crippen LogP) is 11.2. The highest BCUT2D eigenvalue weighted by atomic mass is 16.5. The standard InChI is InChI=1S/C49H38N4O/c1-4-35-46(33-15-6-5-7-16-33)52-48(34-27-25-32(26-28-34)42-29-30(2)50-31(3)51-42)53-47(35)37-18-14-22-41-45(37)36-17-8-9-19-38(36)49(41)39-20-10-12-23-43(39)54-44-24-13-11-21-40(44)49/h5-29,35,46H,4H2,1-3H3. The molecule has 0 amide bonds. The quantitative estimate of drug-likeness (QED) is 0.180. The molecule has 0 N–H and O–H groups in total. The summed E-state index contributed by atoms with van der Waals surface area (Å²) in [5.74, 6) is 3.35. The lowest BCUT2D eigenvalue weighted by Crippen LogP contribution is -2.32. The smallest absolute Gasteiger partial charge is 0.155 e. The molecular formula is C49H38N4O. The first-order valence-electron chi connectivity index (χ1n) is 18.8. The minimum Gasteiger partial charge on any atom is -0.457 e. The highest BCUT2D eigenvalue weighted by molar-refractivity contribution is 6.18. The second-order valence-corrected chi connectivity index (χ2v) is 14.5. The molecule has 0 saturated carbocycles. The molecule has 0 fully saturated rings. The van der Waals surface area contributed by atoms with Gasteiger partial charge < -0.3 is 4.74 Å². The molecule has 5 nitrogen and oxygen atoms in total. The highest BCUT2D eigenvalue weighted by Gasteiger charge is 2.52. The maximum absolute atomic E-state index is 6.60. The van der Waals surface area contributed by atoms with Crippen LogP contribution in [0.15, 0.2) is 162 Å². The fourth-order valence-electron chi connectivity index (χ4n) is 9.14. The Morgan fingerprint density at radius 1 is 0.593 bits per heavy atom. The summed E-state index contributed by atoms with van der Waals surface area (Å²) >= 11 is 0. The van der Waals surface area contributed by atoms with Gasteiger partial charge in [0.15, 0.2) is 5.84 Å². The number of hydrogen-bond donors (Lipinski definition) is 0. The van der Waals surface area contributed by atoms with Gasteiger partial charge in [-0.05, 0) is 66.3 Å². The van der Waals surface area contributed by atoms with Crippen molar-refractivity contribution in [1.82, 2.24) is 9.97 Å². The summed E-state index contributed by atoms with van der Waals surface area (Å²) in [5, 5.41) is 0. The van der Waals surface area contributed by atoms with Crippen molar-refractivity contribution in [3.8, 4) is 33.9 Å². The molecule has 260 valence electrons. The van der Waals surface area contributed by atoms with E-state index in [1.807, 2.05) is 19.9 Å². The van der Waals surface area contributed by atoms with Gasteiger partial charge in [0.1, 0.15) is 17.3 Å². The van der Waals surface area contributed by atoms with Gasteiger partial charge in [-0.1, -0.05) is 140 Å². The Bertz CT molecular complexity index is 2590. The van der Waals surface area contributed by atoms with Crippen molar-refractivity contribution >= 4 is 11.5 Å². The Kier molecular flexibility index (Phi) is 7.51. The van der Waals surface area contributed by atoms with Gasteiger partial charge in [-0.15, -0.1) is 0 Å². The van der Waals surface area contributed by atoms with E-state index in [0.717, 1.165) is 74.5 Å². The van der Waals surface area contributed by atoms with Gasteiger partial charge in [-0.2, -0.15) is 0 Å². The first-order chi connectivity index (χ1) is 26.5. The van der Waals surface area contributed by atoms with Gasteiger partial charge in [0, 0.05) is 39.4 Å². The van der Waals surface area contributed by atoms with Gasteiger partial charge in [0.2, 0.25) is 0 Å². The number of amidine groups is 1. The number of para-hydroxylation sites is 2. The van der Waals surface area contributed by atoms with Crippen LogP contribution in [0.4, 0.5) is 0 Å². The summed E-state index contributed by atoms with van der Waals surface area (Å²) in [5.41, 5.74) is 14.0. The minimum absolute atomic E-state index is 0.0619. The van der Waals surface area contributed by atoms with Crippen LogP contribution in [0.25, 0.3) is 22.4 Å². The lowest BCUT2D eigenvalue weighted by molar-refractivity contribution is 0.436. The topological polar surface area (TPSA) is 59.7 Å². The Morgan fingerprint density at radius 3 is 1.91 bits per heavy atom. The lowest BCUT2D eigenvalue weighted by atomic mass is 9.66. The molecule has 54 heavy (non-hydrogen) atoms. The molecule has 7 aromatic rings. The van der Waals surface area contributed by atoms with Crippen LogP contribution in [-0.4, -0.2) is 21.5 Å². The molecular weight excluding hydrogens is 661 g/mol. The number of benzene rings is 6. The zero-order valence-electron chi connectivity index (χ0n) is 30.5. The van der Waals surface area contributed by atoms with Crippen LogP contribution in [-0.2, 0) is 5.41 Å². The summed E-state index contributed by atoms with van der Waals surface area (Å²) in [6.07, 6.45) is 0.885. The van der Waals surface area contributed by atoms with E-state index in [4.69, 9.17) is 19.7 Å². The number of aryl methyl sites for hydroxylation is 2. The molecule has 5 heteroatoms. The first-order valence-corrected chi connectivity index (χ1v) is 18.8. The largest absolute Gasteiger partial charge is 0.457 e. The van der Waals surface area contributed by atoms with Gasteiger partial charge in [0.25, 0.3) is 0 Å². The molecule has 2 unspecified atom stereocenters. The number of ether oxygens (including phenoxy) is 1. The average molecular weight is 699 g/mol. The number of aromatic nitrogens is 2. The van der Waals surface area contributed by atoms with Gasteiger partial charge in [-0.25, -0.2) is 15.0 Å². The molecule has 10 rings (SSSR count). The van der Waals surface area contributed by atoms with Crippen LogP contribution in [0, 0.1) is 19.8 Å². The molecule has 0 radical (unpaired) electrons. The van der Waals surface area contributed by atoms with Crippen molar-refractivity contribution in [1.29, 1.82) is 0 Å².